The molecule has 1 amide bonds. The Balaban J connectivity index is 1.45. The summed E-state index contributed by atoms with van der Waals surface area (Å²) in [6.07, 6.45) is 5.70. The fraction of sp³-hybridized carbons (Fsp3) is 0.412. The molecule has 1 fully saturated rings. The molecule has 2 unspecified atom stereocenters. The van der Waals surface area contributed by atoms with Gasteiger partial charge in [0.25, 0.3) is 5.91 Å². The van der Waals surface area contributed by atoms with Gasteiger partial charge in [-0.15, -0.1) is 11.3 Å². The third-order valence-corrected chi connectivity index (χ3v) is 5.64. The minimum Gasteiger partial charge on any atom is -0.375 e. The lowest BCUT2D eigenvalue weighted by molar-refractivity contribution is 0.0922. The SMILES string of the molecule is Cn1ccc2c(NC3CCCC(NC(=O)c4csc(N)n4)C3)nc(Cl)nc21. The number of nitrogen functional groups attached to an aromatic ring is 1. The minimum atomic E-state index is -0.177. The first-order chi connectivity index (χ1) is 13.0. The zero-order chi connectivity index (χ0) is 19.0. The fourth-order valence-corrected chi connectivity index (χ4v) is 4.22. The number of rotatable bonds is 4. The molecule has 8 nitrogen and oxygen atoms in total. The van der Waals surface area contributed by atoms with E-state index in [2.05, 4.69) is 25.6 Å². The smallest absolute Gasteiger partial charge is 0.271 e. The lowest BCUT2D eigenvalue weighted by atomic mass is 9.91. The van der Waals surface area contributed by atoms with Gasteiger partial charge in [0, 0.05) is 30.7 Å². The third-order valence-electron chi connectivity index (χ3n) is 4.80. The molecule has 2 atom stereocenters. The number of hydrogen-bond acceptors (Lipinski definition) is 7. The molecule has 142 valence electrons. The Hall–Kier alpha value is -2.39. The highest BCUT2D eigenvalue weighted by atomic mass is 35.5. The number of aryl methyl sites for hydroxylation is 1. The molecule has 10 heteroatoms. The van der Waals surface area contributed by atoms with Crippen LogP contribution in [0.4, 0.5) is 10.9 Å². The van der Waals surface area contributed by atoms with Gasteiger partial charge in [0.05, 0.1) is 5.39 Å². The summed E-state index contributed by atoms with van der Waals surface area (Å²) >= 11 is 7.36. The molecule has 0 aromatic carbocycles. The van der Waals surface area contributed by atoms with Gasteiger partial charge in [0.15, 0.2) is 5.13 Å². The van der Waals surface area contributed by atoms with E-state index in [9.17, 15) is 4.79 Å². The highest BCUT2D eigenvalue weighted by Crippen LogP contribution is 2.27. The summed E-state index contributed by atoms with van der Waals surface area (Å²) in [5.41, 5.74) is 6.78. The largest absolute Gasteiger partial charge is 0.375 e. The fourth-order valence-electron chi connectivity index (χ4n) is 3.52. The molecular formula is C17H20ClN7OS. The highest BCUT2D eigenvalue weighted by Gasteiger charge is 2.25. The van der Waals surface area contributed by atoms with E-state index in [1.807, 2.05) is 23.9 Å². The lowest BCUT2D eigenvalue weighted by Gasteiger charge is -2.30. The monoisotopic (exact) mass is 405 g/mol. The Morgan fingerprint density at radius 2 is 2.15 bits per heavy atom. The molecule has 3 aromatic heterocycles. The van der Waals surface area contributed by atoms with Gasteiger partial charge >= 0.3 is 0 Å². The number of hydrogen-bond donors (Lipinski definition) is 3. The maximum absolute atomic E-state index is 12.3. The van der Waals surface area contributed by atoms with E-state index < -0.39 is 0 Å². The van der Waals surface area contributed by atoms with E-state index in [4.69, 9.17) is 17.3 Å². The second kappa shape index (κ2) is 7.32. The van der Waals surface area contributed by atoms with Gasteiger partial charge in [0.2, 0.25) is 5.28 Å². The summed E-state index contributed by atoms with van der Waals surface area (Å²) in [7, 11) is 1.92. The van der Waals surface area contributed by atoms with Gasteiger partial charge in [-0.3, -0.25) is 4.79 Å². The van der Waals surface area contributed by atoms with Crippen LogP contribution in [0, 0.1) is 0 Å². The van der Waals surface area contributed by atoms with Crippen molar-refractivity contribution in [3.8, 4) is 0 Å². The average molecular weight is 406 g/mol. The predicted octanol–water partition coefficient (Wildman–Crippen LogP) is 2.81. The van der Waals surface area contributed by atoms with E-state index in [0.717, 1.165) is 42.5 Å². The number of halogens is 1. The van der Waals surface area contributed by atoms with Crippen molar-refractivity contribution in [2.75, 3.05) is 11.1 Å². The van der Waals surface area contributed by atoms with Gasteiger partial charge in [-0.2, -0.15) is 4.98 Å². The van der Waals surface area contributed by atoms with E-state index >= 15 is 0 Å². The summed E-state index contributed by atoms with van der Waals surface area (Å²) in [5, 5.41) is 9.79. The molecular weight excluding hydrogens is 386 g/mol. The van der Waals surface area contributed by atoms with Crippen LogP contribution in [0.15, 0.2) is 17.6 Å². The summed E-state index contributed by atoms with van der Waals surface area (Å²) in [6, 6.07) is 2.25. The number of nitrogens with zero attached hydrogens (tertiary/aromatic N) is 4. The lowest BCUT2D eigenvalue weighted by Crippen LogP contribution is -2.42. The first kappa shape index (κ1) is 18.0. The molecule has 1 aliphatic rings. The van der Waals surface area contributed by atoms with Gasteiger partial charge in [0.1, 0.15) is 17.2 Å². The Morgan fingerprint density at radius 1 is 1.33 bits per heavy atom. The van der Waals surface area contributed by atoms with Crippen molar-refractivity contribution in [2.24, 2.45) is 7.05 Å². The average Bonchev–Trinajstić information content (AvgIpc) is 3.22. The molecule has 0 saturated heterocycles. The van der Waals surface area contributed by atoms with Gasteiger partial charge < -0.3 is 20.9 Å². The molecule has 0 spiro atoms. The number of fused-ring (bicyclic) bond motifs is 1. The van der Waals surface area contributed by atoms with Crippen LogP contribution in [0.25, 0.3) is 11.0 Å². The molecule has 1 aliphatic carbocycles. The van der Waals surface area contributed by atoms with Crippen LogP contribution in [0.1, 0.15) is 36.2 Å². The Labute approximate surface area is 165 Å². The molecule has 0 radical (unpaired) electrons. The summed E-state index contributed by atoms with van der Waals surface area (Å²) in [4.78, 5) is 25.0. The number of nitrogens with one attached hydrogen (secondary N) is 2. The molecule has 4 N–H and O–H groups in total. The van der Waals surface area contributed by atoms with Gasteiger partial charge in [-0.1, -0.05) is 0 Å². The second-order valence-electron chi connectivity index (χ2n) is 6.75. The first-order valence-electron chi connectivity index (χ1n) is 8.76. The van der Waals surface area contributed by atoms with Crippen LogP contribution in [-0.4, -0.2) is 37.5 Å². The van der Waals surface area contributed by atoms with Crippen LogP contribution >= 0.6 is 22.9 Å². The number of carbonyl (C=O) groups is 1. The van der Waals surface area contributed by atoms with Crippen LogP contribution < -0.4 is 16.4 Å². The van der Waals surface area contributed by atoms with Crippen molar-refractivity contribution >= 4 is 50.8 Å². The maximum Gasteiger partial charge on any atom is 0.271 e. The van der Waals surface area contributed by atoms with Crippen molar-refractivity contribution < 1.29 is 4.79 Å². The molecule has 0 bridgehead atoms. The Kier molecular flexibility index (Phi) is 4.88. The van der Waals surface area contributed by atoms with Gasteiger partial charge in [-0.25, -0.2) is 9.97 Å². The van der Waals surface area contributed by atoms with Crippen molar-refractivity contribution in [3.63, 3.8) is 0 Å². The summed E-state index contributed by atoms with van der Waals surface area (Å²) < 4.78 is 1.91. The predicted molar refractivity (Wildman–Crippen MR) is 107 cm³/mol. The maximum atomic E-state index is 12.3. The zero-order valence-corrected chi connectivity index (χ0v) is 16.3. The molecule has 1 saturated carbocycles. The van der Waals surface area contributed by atoms with E-state index in [1.54, 1.807) is 5.38 Å². The van der Waals surface area contributed by atoms with Crippen LogP contribution in [-0.2, 0) is 7.05 Å². The number of aromatic nitrogens is 4. The van der Waals surface area contributed by atoms with Crippen molar-refractivity contribution in [3.05, 3.63) is 28.6 Å². The van der Waals surface area contributed by atoms with Crippen LogP contribution in [0.3, 0.4) is 0 Å². The summed E-state index contributed by atoms with van der Waals surface area (Å²) in [6.45, 7) is 0. The zero-order valence-electron chi connectivity index (χ0n) is 14.8. The van der Waals surface area contributed by atoms with Crippen molar-refractivity contribution in [1.29, 1.82) is 0 Å². The quantitative estimate of drug-likeness (QED) is 0.575. The van der Waals surface area contributed by atoms with Gasteiger partial charge in [-0.05, 0) is 43.4 Å². The topological polar surface area (TPSA) is 111 Å². The Morgan fingerprint density at radius 3 is 2.93 bits per heavy atom. The van der Waals surface area contributed by atoms with Crippen molar-refractivity contribution in [1.82, 2.24) is 24.8 Å². The molecule has 27 heavy (non-hydrogen) atoms. The third kappa shape index (κ3) is 3.84. The summed E-state index contributed by atoms with van der Waals surface area (Å²) in [5.74, 6) is 0.555. The van der Waals surface area contributed by atoms with Crippen LogP contribution in [0.2, 0.25) is 5.28 Å². The number of carbonyl (C=O) groups excluding carboxylic acids is 1. The standard InChI is InChI=1S/C17H20ClN7OS/c1-25-6-5-11-13(23-16(18)24-14(11)25)20-9-3-2-4-10(7-9)21-15(26)12-8-27-17(19)22-12/h5-6,8-10H,2-4,7H2,1H3,(H2,19,22)(H,21,26)(H,20,23,24). The Bertz CT molecular complexity index is 985. The van der Waals surface area contributed by atoms with E-state index in [0.29, 0.717) is 10.8 Å². The molecule has 3 aromatic rings. The first-order valence-corrected chi connectivity index (χ1v) is 10.0. The number of nitrogens with two attached hydrogens (primary N) is 1. The second-order valence-corrected chi connectivity index (χ2v) is 7.98. The van der Waals surface area contributed by atoms with Crippen LogP contribution in [0.5, 0.6) is 0 Å². The number of amides is 1. The molecule has 3 heterocycles. The normalized spacial score (nSPS) is 19.9. The van der Waals surface area contributed by atoms with E-state index in [1.165, 1.54) is 11.3 Å². The van der Waals surface area contributed by atoms with Crippen molar-refractivity contribution in [2.45, 2.75) is 37.8 Å². The number of thiazole rings is 1. The number of anilines is 2. The molecule has 4 rings (SSSR count). The molecule has 0 aliphatic heterocycles. The van der Waals surface area contributed by atoms with E-state index in [-0.39, 0.29) is 23.3 Å². The highest BCUT2D eigenvalue weighted by molar-refractivity contribution is 7.13. The minimum absolute atomic E-state index is 0.0789.